The first kappa shape index (κ1) is 20.5. The van der Waals surface area contributed by atoms with Gasteiger partial charge in [0.1, 0.15) is 17.7 Å². The number of hydrogen-bond acceptors (Lipinski definition) is 2. The van der Waals surface area contributed by atoms with Gasteiger partial charge in [-0.3, -0.25) is 0 Å². The van der Waals surface area contributed by atoms with Gasteiger partial charge in [-0.05, 0) is 35.4 Å². The Bertz CT molecular complexity index is 1190. The quantitative estimate of drug-likeness (QED) is 0.412. The van der Waals surface area contributed by atoms with Crippen LogP contribution in [0.3, 0.4) is 0 Å². The molecule has 3 nitrogen and oxygen atoms in total. The van der Waals surface area contributed by atoms with Gasteiger partial charge < -0.3 is 10.0 Å². The minimum absolute atomic E-state index is 0.236. The molecule has 0 aromatic heterocycles. The van der Waals surface area contributed by atoms with Crippen molar-refractivity contribution in [2.45, 2.75) is 19.0 Å². The van der Waals surface area contributed by atoms with Crippen LogP contribution < -0.4 is 4.90 Å². The van der Waals surface area contributed by atoms with Gasteiger partial charge in [0.25, 0.3) is 0 Å². The summed E-state index contributed by atoms with van der Waals surface area (Å²) in [5.41, 5.74) is 2.25. The Kier molecular flexibility index (Phi) is 5.94. The summed E-state index contributed by atoms with van der Waals surface area (Å²) in [6, 6.07) is 24.4. The van der Waals surface area contributed by atoms with Crippen LogP contribution in [0.15, 0.2) is 91.0 Å². The molecule has 31 heavy (non-hydrogen) atoms. The lowest BCUT2D eigenvalue weighted by Gasteiger charge is -2.32. The van der Waals surface area contributed by atoms with E-state index in [-0.39, 0.29) is 24.6 Å². The van der Waals surface area contributed by atoms with Crippen molar-refractivity contribution >= 4 is 22.4 Å². The van der Waals surface area contributed by atoms with Gasteiger partial charge in [0.2, 0.25) is 0 Å². The third kappa shape index (κ3) is 4.56. The predicted molar refractivity (Wildman–Crippen MR) is 118 cm³/mol. The van der Waals surface area contributed by atoms with Gasteiger partial charge >= 0.3 is 5.97 Å². The Balaban J connectivity index is 1.83. The second kappa shape index (κ2) is 8.96. The molecule has 0 heterocycles. The van der Waals surface area contributed by atoms with Gasteiger partial charge in [0.15, 0.2) is 0 Å². The highest BCUT2D eigenvalue weighted by atomic mass is 19.1. The molecule has 0 bridgehead atoms. The minimum Gasteiger partial charge on any atom is -0.480 e. The van der Waals surface area contributed by atoms with E-state index in [0.29, 0.717) is 16.5 Å². The van der Waals surface area contributed by atoms with Crippen LogP contribution in [-0.2, 0) is 17.8 Å². The fourth-order valence-electron chi connectivity index (χ4n) is 3.81. The van der Waals surface area contributed by atoms with Crippen molar-refractivity contribution in [2.24, 2.45) is 0 Å². The summed E-state index contributed by atoms with van der Waals surface area (Å²) >= 11 is 0. The van der Waals surface area contributed by atoms with Gasteiger partial charge in [-0.25, -0.2) is 13.6 Å². The molecule has 0 amide bonds. The van der Waals surface area contributed by atoms with E-state index in [1.165, 1.54) is 18.2 Å². The van der Waals surface area contributed by atoms with E-state index >= 15 is 0 Å². The first-order valence-corrected chi connectivity index (χ1v) is 9.98. The number of carboxylic acids is 1. The monoisotopic (exact) mass is 417 g/mol. The Labute approximate surface area is 179 Å². The molecule has 1 unspecified atom stereocenters. The zero-order chi connectivity index (χ0) is 21.8. The molecule has 0 fully saturated rings. The number of carboxylic acid groups (broad SMARTS) is 1. The summed E-state index contributed by atoms with van der Waals surface area (Å²) in [7, 11) is 0. The van der Waals surface area contributed by atoms with Crippen molar-refractivity contribution in [1.82, 2.24) is 0 Å². The summed E-state index contributed by atoms with van der Waals surface area (Å²) in [4.78, 5) is 14.1. The molecule has 4 aromatic carbocycles. The molecule has 156 valence electrons. The van der Waals surface area contributed by atoms with Crippen molar-refractivity contribution in [3.8, 4) is 0 Å². The molecule has 1 N–H and O–H groups in total. The number of carbonyl (C=O) groups is 1. The lowest BCUT2D eigenvalue weighted by atomic mass is 10.0. The Morgan fingerprint density at radius 1 is 0.774 bits per heavy atom. The number of rotatable bonds is 7. The molecule has 0 radical (unpaired) electrons. The van der Waals surface area contributed by atoms with Crippen LogP contribution in [0.5, 0.6) is 0 Å². The molecule has 0 saturated carbocycles. The maximum Gasteiger partial charge on any atom is 0.326 e. The summed E-state index contributed by atoms with van der Waals surface area (Å²) < 4.78 is 27.9. The third-order valence-electron chi connectivity index (χ3n) is 5.36. The molecule has 4 rings (SSSR count). The van der Waals surface area contributed by atoms with Gasteiger partial charge in [0, 0.05) is 29.4 Å². The van der Waals surface area contributed by atoms with E-state index in [0.717, 1.165) is 11.1 Å². The molecule has 0 aliphatic heterocycles. The molecular weight excluding hydrogens is 396 g/mol. The zero-order valence-electron chi connectivity index (χ0n) is 16.7. The van der Waals surface area contributed by atoms with Crippen LogP contribution >= 0.6 is 0 Å². The second-order valence-corrected chi connectivity index (χ2v) is 7.41. The third-order valence-corrected chi connectivity index (χ3v) is 5.36. The molecule has 0 spiro atoms. The van der Waals surface area contributed by atoms with Crippen LogP contribution in [0.4, 0.5) is 14.5 Å². The number of benzene rings is 4. The van der Waals surface area contributed by atoms with Crippen molar-refractivity contribution < 1.29 is 18.7 Å². The van der Waals surface area contributed by atoms with E-state index in [9.17, 15) is 18.7 Å². The number of anilines is 1. The first-order valence-electron chi connectivity index (χ1n) is 9.98. The normalized spacial score (nSPS) is 11.9. The van der Waals surface area contributed by atoms with Crippen molar-refractivity contribution in [1.29, 1.82) is 0 Å². The van der Waals surface area contributed by atoms with Gasteiger partial charge in [0.05, 0.1) is 0 Å². The van der Waals surface area contributed by atoms with E-state index in [1.807, 2.05) is 30.3 Å². The Hall–Kier alpha value is -3.73. The Morgan fingerprint density at radius 3 is 2.10 bits per heavy atom. The molecule has 0 aliphatic rings. The van der Waals surface area contributed by atoms with Crippen LogP contribution in [0.25, 0.3) is 10.8 Å². The summed E-state index contributed by atoms with van der Waals surface area (Å²) in [5, 5.41) is 11.2. The number of hydrogen-bond donors (Lipinski definition) is 1. The fourth-order valence-corrected chi connectivity index (χ4v) is 3.81. The highest BCUT2D eigenvalue weighted by molar-refractivity contribution is 5.96. The van der Waals surface area contributed by atoms with E-state index in [4.69, 9.17) is 0 Å². The minimum atomic E-state index is -0.987. The number of nitrogens with zero attached hydrogens (tertiary/aromatic N) is 1. The molecular formula is C26H21F2NO2. The highest BCUT2D eigenvalue weighted by Gasteiger charge is 2.28. The van der Waals surface area contributed by atoms with Crippen LogP contribution in [-0.4, -0.2) is 17.1 Å². The molecule has 0 aliphatic carbocycles. The van der Waals surface area contributed by atoms with E-state index in [2.05, 4.69) is 0 Å². The average Bonchev–Trinajstić information content (AvgIpc) is 2.79. The van der Waals surface area contributed by atoms with Gasteiger partial charge in [-0.1, -0.05) is 66.7 Å². The second-order valence-electron chi connectivity index (χ2n) is 7.41. The average molecular weight is 417 g/mol. The maximum absolute atomic E-state index is 14.4. The van der Waals surface area contributed by atoms with Crippen LogP contribution in [0, 0.1) is 11.6 Å². The van der Waals surface area contributed by atoms with Gasteiger partial charge in [-0.15, -0.1) is 0 Å². The first-order chi connectivity index (χ1) is 15.0. The lowest BCUT2D eigenvalue weighted by molar-refractivity contribution is -0.138. The Morgan fingerprint density at radius 2 is 1.42 bits per heavy atom. The largest absolute Gasteiger partial charge is 0.480 e. The zero-order valence-corrected chi connectivity index (χ0v) is 16.7. The fraction of sp³-hybridized carbons (Fsp3) is 0.115. The van der Waals surface area contributed by atoms with Crippen molar-refractivity contribution in [3.05, 3.63) is 114 Å². The van der Waals surface area contributed by atoms with Gasteiger partial charge in [-0.2, -0.15) is 0 Å². The molecule has 5 heteroatoms. The SMILES string of the molecule is O=C(O)C(Cc1ccccc1)N(Cc1ccc(F)cc1)c1ccc(F)c2ccccc12. The highest BCUT2D eigenvalue weighted by Crippen LogP contribution is 2.32. The molecule has 1 atom stereocenters. The lowest BCUT2D eigenvalue weighted by Crippen LogP contribution is -2.42. The molecule has 0 saturated heterocycles. The molecule has 4 aromatic rings. The van der Waals surface area contributed by atoms with Crippen molar-refractivity contribution in [2.75, 3.05) is 4.90 Å². The topological polar surface area (TPSA) is 40.5 Å². The summed E-state index contributed by atoms with van der Waals surface area (Å²) in [6.45, 7) is 0.236. The number of fused-ring (bicyclic) bond motifs is 1. The van der Waals surface area contributed by atoms with Crippen LogP contribution in [0.1, 0.15) is 11.1 Å². The number of aliphatic carboxylic acids is 1. The van der Waals surface area contributed by atoms with Crippen molar-refractivity contribution in [3.63, 3.8) is 0 Å². The van der Waals surface area contributed by atoms with Crippen LogP contribution in [0.2, 0.25) is 0 Å². The standard InChI is InChI=1S/C26H21F2NO2/c27-20-12-10-19(11-13-20)17-29(25(26(30)31)16-18-6-2-1-3-7-18)24-15-14-23(28)21-8-4-5-9-22(21)24/h1-15,25H,16-17H2,(H,30,31). The summed E-state index contributed by atoms with van der Waals surface area (Å²) in [5.74, 6) is -1.71. The smallest absolute Gasteiger partial charge is 0.326 e. The van der Waals surface area contributed by atoms with E-state index < -0.39 is 12.0 Å². The predicted octanol–water partition coefficient (Wildman–Crippen LogP) is 5.82. The maximum atomic E-state index is 14.4. The van der Waals surface area contributed by atoms with E-state index in [1.54, 1.807) is 47.4 Å². The number of halogens is 2. The summed E-state index contributed by atoms with van der Waals surface area (Å²) in [6.07, 6.45) is 0.267.